The number of pyridine rings is 2. The monoisotopic (exact) mass is 565 g/mol. The van der Waals surface area contributed by atoms with E-state index in [-0.39, 0.29) is 0 Å². The molecule has 0 saturated heterocycles. The van der Waals surface area contributed by atoms with Gasteiger partial charge in [0.2, 0.25) is 5.95 Å². The van der Waals surface area contributed by atoms with Gasteiger partial charge in [0.1, 0.15) is 5.52 Å². The standard InChI is InChI=1S/C37H23N7/c1-4-13-24(14-5-1)35-40-36(25-15-6-2-7-16-25)42-37(41-35)44-29-20-11-10-19-27(29)32-34(44)33-28(23-39-32)31-30(21-12-22-38-31)43(33)26-17-8-3-9-18-26/h1-23H. The third-order valence-corrected chi connectivity index (χ3v) is 8.06. The lowest BCUT2D eigenvalue weighted by atomic mass is 10.2. The van der Waals surface area contributed by atoms with Gasteiger partial charge in [0.25, 0.3) is 0 Å². The second kappa shape index (κ2) is 9.68. The van der Waals surface area contributed by atoms with E-state index in [0.717, 1.165) is 60.7 Å². The minimum absolute atomic E-state index is 0.524. The average Bonchev–Trinajstić information content (AvgIpc) is 3.62. The zero-order valence-corrected chi connectivity index (χ0v) is 23.4. The fourth-order valence-corrected chi connectivity index (χ4v) is 6.14. The van der Waals surface area contributed by atoms with Crippen LogP contribution in [0.3, 0.4) is 0 Å². The first-order chi connectivity index (χ1) is 21.8. The van der Waals surface area contributed by atoms with Gasteiger partial charge >= 0.3 is 0 Å². The summed E-state index contributed by atoms with van der Waals surface area (Å²) in [7, 11) is 0. The molecule has 0 bridgehead atoms. The Kier molecular flexibility index (Phi) is 5.36. The molecule has 0 spiro atoms. The maximum absolute atomic E-state index is 5.12. The van der Waals surface area contributed by atoms with Gasteiger partial charge < -0.3 is 4.57 Å². The van der Waals surface area contributed by atoms with Crippen LogP contribution < -0.4 is 0 Å². The molecule has 4 aromatic carbocycles. The normalized spacial score (nSPS) is 11.6. The van der Waals surface area contributed by atoms with E-state index in [2.05, 4.69) is 51.6 Å². The van der Waals surface area contributed by atoms with E-state index in [1.54, 1.807) is 0 Å². The van der Waals surface area contributed by atoms with Crippen molar-refractivity contribution in [3.63, 3.8) is 0 Å². The van der Waals surface area contributed by atoms with Crippen molar-refractivity contribution in [3.05, 3.63) is 140 Å². The van der Waals surface area contributed by atoms with Crippen LogP contribution >= 0.6 is 0 Å². The predicted octanol–water partition coefficient (Wildman–Crippen LogP) is 8.19. The summed E-state index contributed by atoms with van der Waals surface area (Å²) in [6.07, 6.45) is 3.78. The number of hydrogen-bond donors (Lipinski definition) is 0. The molecule has 0 radical (unpaired) electrons. The lowest BCUT2D eigenvalue weighted by molar-refractivity contribution is 0.953. The molecule has 9 aromatic rings. The summed E-state index contributed by atoms with van der Waals surface area (Å²) in [5.74, 6) is 1.73. The average molecular weight is 566 g/mol. The molecule has 0 unspecified atom stereocenters. The first-order valence-corrected chi connectivity index (χ1v) is 14.5. The van der Waals surface area contributed by atoms with Crippen LogP contribution in [-0.4, -0.2) is 34.1 Å². The molecule has 44 heavy (non-hydrogen) atoms. The highest BCUT2D eigenvalue weighted by Crippen LogP contribution is 2.39. The fourth-order valence-electron chi connectivity index (χ4n) is 6.14. The second-order valence-electron chi connectivity index (χ2n) is 10.6. The molecule has 9 rings (SSSR count). The number of fused-ring (bicyclic) bond motifs is 7. The molecule has 0 saturated carbocycles. The van der Waals surface area contributed by atoms with E-state index in [9.17, 15) is 0 Å². The minimum atomic E-state index is 0.524. The lowest BCUT2D eigenvalue weighted by Crippen LogP contribution is -2.07. The van der Waals surface area contributed by atoms with Gasteiger partial charge in [0.15, 0.2) is 11.6 Å². The van der Waals surface area contributed by atoms with Gasteiger partial charge in [-0.25, -0.2) is 4.98 Å². The molecular formula is C37H23N7. The van der Waals surface area contributed by atoms with E-state index < -0.39 is 0 Å². The summed E-state index contributed by atoms with van der Waals surface area (Å²) in [6, 6.07) is 42.9. The first kappa shape index (κ1) is 24.4. The van der Waals surface area contributed by atoms with Gasteiger partial charge in [-0.2, -0.15) is 9.97 Å². The Morgan fingerprint density at radius 3 is 1.75 bits per heavy atom. The van der Waals surface area contributed by atoms with Crippen molar-refractivity contribution in [1.82, 2.24) is 34.1 Å². The van der Waals surface area contributed by atoms with Crippen molar-refractivity contribution in [2.24, 2.45) is 0 Å². The number of nitrogens with zero attached hydrogens (tertiary/aromatic N) is 7. The summed E-state index contributed by atoms with van der Waals surface area (Å²) >= 11 is 0. The molecule has 0 fully saturated rings. The topological polar surface area (TPSA) is 74.3 Å². The summed E-state index contributed by atoms with van der Waals surface area (Å²) < 4.78 is 4.41. The molecule has 0 amide bonds. The van der Waals surface area contributed by atoms with E-state index in [4.69, 9.17) is 24.9 Å². The number of rotatable bonds is 4. The van der Waals surface area contributed by atoms with Crippen LogP contribution in [0.5, 0.6) is 0 Å². The Morgan fingerprint density at radius 2 is 1.05 bits per heavy atom. The number of aromatic nitrogens is 7. The Bertz CT molecular complexity index is 2420. The van der Waals surface area contributed by atoms with E-state index in [1.807, 2.05) is 97.3 Å². The van der Waals surface area contributed by atoms with Crippen molar-refractivity contribution >= 4 is 43.9 Å². The lowest BCUT2D eigenvalue weighted by Gasteiger charge is -2.12. The van der Waals surface area contributed by atoms with Crippen molar-refractivity contribution in [3.8, 4) is 34.4 Å². The maximum atomic E-state index is 5.12. The third kappa shape index (κ3) is 3.66. The molecule has 5 aromatic heterocycles. The molecule has 0 aliphatic heterocycles. The molecule has 0 aliphatic rings. The summed E-state index contributed by atoms with van der Waals surface area (Å²) in [5, 5.41) is 1.98. The Morgan fingerprint density at radius 1 is 0.432 bits per heavy atom. The zero-order chi connectivity index (χ0) is 29.0. The SMILES string of the molecule is c1ccc(-c2nc(-c3ccccc3)nc(-n3c4ccccc4c4ncc5c6ncccc6n(-c6ccccc6)c5c43)n2)cc1. The fraction of sp³-hybridized carbons (Fsp3) is 0. The van der Waals surface area contributed by atoms with Crippen molar-refractivity contribution in [2.75, 3.05) is 0 Å². The third-order valence-electron chi connectivity index (χ3n) is 8.06. The number of benzene rings is 4. The number of hydrogen-bond acceptors (Lipinski definition) is 5. The predicted molar refractivity (Wildman–Crippen MR) is 175 cm³/mol. The van der Waals surface area contributed by atoms with Crippen LogP contribution in [0.15, 0.2) is 140 Å². The van der Waals surface area contributed by atoms with Gasteiger partial charge in [-0.05, 0) is 30.3 Å². The molecule has 0 N–H and O–H groups in total. The smallest absolute Gasteiger partial charge is 0.238 e. The summed E-state index contributed by atoms with van der Waals surface area (Å²) in [4.78, 5) is 25.1. The molecule has 0 aliphatic carbocycles. The van der Waals surface area contributed by atoms with E-state index in [1.165, 1.54) is 0 Å². The van der Waals surface area contributed by atoms with E-state index >= 15 is 0 Å². The van der Waals surface area contributed by atoms with Gasteiger partial charge in [-0.15, -0.1) is 0 Å². The second-order valence-corrected chi connectivity index (χ2v) is 10.6. The molecule has 7 nitrogen and oxygen atoms in total. The molecular weight excluding hydrogens is 542 g/mol. The molecule has 206 valence electrons. The summed E-state index contributed by atoms with van der Waals surface area (Å²) in [5.41, 5.74) is 8.51. The van der Waals surface area contributed by atoms with Crippen molar-refractivity contribution in [1.29, 1.82) is 0 Å². The Hall–Kier alpha value is -6.21. The van der Waals surface area contributed by atoms with Crippen LogP contribution in [0.2, 0.25) is 0 Å². The Labute approximate surface area is 251 Å². The van der Waals surface area contributed by atoms with Gasteiger partial charge in [-0.1, -0.05) is 97.1 Å². The van der Waals surface area contributed by atoms with Gasteiger partial charge in [-0.3, -0.25) is 14.5 Å². The van der Waals surface area contributed by atoms with Crippen LogP contribution in [0.4, 0.5) is 0 Å². The van der Waals surface area contributed by atoms with Crippen LogP contribution in [0, 0.1) is 0 Å². The minimum Gasteiger partial charge on any atom is -0.305 e. The molecule has 7 heteroatoms. The zero-order valence-electron chi connectivity index (χ0n) is 23.4. The molecule has 5 heterocycles. The van der Waals surface area contributed by atoms with Gasteiger partial charge in [0, 0.05) is 40.0 Å². The largest absolute Gasteiger partial charge is 0.305 e. The highest BCUT2D eigenvalue weighted by atomic mass is 15.2. The first-order valence-electron chi connectivity index (χ1n) is 14.5. The van der Waals surface area contributed by atoms with Crippen LogP contribution in [0.1, 0.15) is 0 Å². The molecule has 0 atom stereocenters. The highest BCUT2D eigenvalue weighted by molar-refractivity contribution is 6.21. The van der Waals surface area contributed by atoms with Crippen LogP contribution in [-0.2, 0) is 0 Å². The number of para-hydroxylation sites is 2. The highest BCUT2D eigenvalue weighted by Gasteiger charge is 2.24. The summed E-state index contributed by atoms with van der Waals surface area (Å²) in [6.45, 7) is 0. The van der Waals surface area contributed by atoms with Crippen molar-refractivity contribution in [2.45, 2.75) is 0 Å². The maximum Gasteiger partial charge on any atom is 0.238 e. The van der Waals surface area contributed by atoms with Gasteiger partial charge in [0.05, 0.1) is 27.6 Å². The Balaban J connectivity index is 1.48. The van der Waals surface area contributed by atoms with Crippen LogP contribution in [0.25, 0.3) is 78.3 Å². The van der Waals surface area contributed by atoms with E-state index in [0.29, 0.717) is 17.6 Å². The quantitative estimate of drug-likeness (QED) is 0.215. The van der Waals surface area contributed by atoms with Crippen molar-refractivity contribution < 1.29 is 0 Å².